The first kappa shape index (κ1) is 15.4. The lowest BCUT2D eigenvalue weighted by molar-refractivity contribution is -0.138. The fraction of sp³-hybridized carbons (Fsp3) is 0.154. The van der Waals surface area contributed by atoms with Crippen LogP contribution in [-0.4, -0.2) is 15.6 Å². The molecule has 0 saturated heterocycles. The molecule has 0 aliphatic heterocycles. The number of carboxylic acids is 1. The molecule has 3 nitrogen and oxygen atoms in total. The van der Waals surface area contributed by atoms with Crippen molar-refractivity contribution in [2.45, 2.75) is 12.7 Å². The van der Waals surface area contributed by atoms with E-state index in [2.05, 4.69) is 0 Å². The summed E-state index contributed by atoms with van der Waals surface area (Å²) in [4.78, 5) is 10.9. The number of nitrogens with zero attached hydrogens (tertiary/aromatic N) is 1. The van der Waals surface area contributed by atoms with Crippen LogP contribution in [0.2, 0.25) is 5.02 Å². The molecule has 2 aromatic rings. The van der Waals surface area contributed by atoms with Gasteiger partial charge in [-0.25, -0.2) is 9.18 Å². The number of halogens is 5. The molecule has 1 aromatic carbocycles. The van der Waals surface area contributed by atoms with Crippen molar-refractivity contribution in [3.8, 4) is 0 Å². The van der Waals surface area contributed by atoms with E-state index in [9.17, 15) is 22.4 Å². The predicted octanol–water partition coefficient (Wildman–Crippen LogP) is 4.05. The number of hydrogen-bond donors (Lipinski definition) is 1. The summed E-state index contributed by atoms with van der Waals surface area (Å²) in [7, 11) is 0. The third kappa shape index (κ3) is 3.18. The quantitative estimate of drug-likeness (QED) is 0.867. The average Bonchev–Trinajstić information content (AvgIpc) is 2.79. The Bertz CT molecular complexity index is 694. The standard InChI is InChI=1S/C13H8ClF4NO2/c14-11-7(2-1-3-10(11)15)4-19-5-8(12(20)21)9(6-19)13(16,17)18/h1-3,5-6H,4H2,(H,20,21). The molecule has 0 atom stereocenters. The molecule has 0 saturated carbocycles. The van der Waals surface area contributed by atoms with Crippen molar-refractivity contribution in [2.24, 2.45) is 0 Å². The van der Waals surface area contributed by atoms with Crippen molar-refractivity contribution in [3.63, 3.8) is 0 Å². The lowest BCUT2D eigenvalue weighted by atomic mass is 10.2. The fourth-order valence-corrected chi connectivity index (χ4v) is 2.05. The number of rotatable bonds is 3. The Balaban J connectivity index is 2.42. The maximum Gasteiger partial charge on any atom is 0.418 e. The molecule has 0 bridgehead atoms. The van der Waals surface area contributed by atoms with Gasteiger partial charge in [0, 0.05) is 18.9 Å². The van der Waals surface area contributed by atoms with Crippen LogP contribution >= 0.6 is 11.6 Å². The van der Waals surface area contributed by atoms with E-state index in [1.807, 2.05) is 0 Å². The number of carbonyl (C=O) groups is 1. The van der Waals surface area contributed by atoms with Gasteiger partial charge >= 0.3 is 12.1 Å². The molecular weight excluding hydrogens is 314 g/mol. The number of benzene rings is 1. The van der Waals surface area contributed by atoms with E-state index in [1.165, 1.54) is 12.1 Å². The molecule has 0 amide bonds. The molecule has 0 unspecified atom stereocenters. The molecule has 0 spiro atoms. The highest BCUT2D eigenvalue weighted by Gasteiger charge is 2.37. The van der Waals surface area contributed by atoms with E-state index < -0.39 is 29.1 Å². The Hall–Kier alpha value is -2.02. The predicted molar refractivity (Wildman–Crippen MR) is 66.9 cm³/mol. The van der Waals surface area contributed by atoms with Crippen LogP contribution in [0, 0.1) is 5.82 Å². The molecule has 1 heterocycles. The largest absolute Gasteiger partial charge is 0.478 e. The SMILES string of the molecule is O=C(O)c1cn(Cc2cccc(F)c2Cl)cc1C(F)(F)F. The second-order valence-electron chi connectivity index (χ2n) is 4.27. The Kier molecular flexibility index (Phi) is 3.95. The van der Waals surface area contributed by atoms with Crippen LogP contribution in [0.4, 0.5) is 17.6 Å². The monoisotopic (exact) mass is 321 g/mol. The summed E-state index contributed by atoms with van der Waals surface area (Å²) in [6.07, 6.45) is -3.29. The smallest absolute Gasteiger partial charge is 0.418 e. The Morgan fingerprint density at radius 3 is 2.48 bits per heavy atom. The molecule has 21 heavy (non-hydrogen) atoms. The van der Waals surface area contributed by atoms with Gasteiger partial charge in [-0.05, 0) is 11.6 Å². The molecule has 8 heteroatoms. The molecule has 112 valence electrons. The van der Waals surface area contributed by atoms with Crippen LogP contribution in [0.25, 0.3) is 0 Å². The lowest BCUT2D eigenvalue weighted by Gasteiger charge is -2.06. The molecule has 0 aliphatic rings. The van der Waals surface area contributed by atoms with Gasteiger partial charge in [-0.1, -0.05) is 23.7 Å². The first-order valence-corrected chi connectivity index (χ1v) is 6.01. The fourth-order valence-electron chi connectivity index (χ4n) is 1.86. The van der Waals surface area contributed by atoms with Crippen LogP contribution < -0.4 is 0 Å². The molecule has 0 aliphatic carbocycles. The number of aromatic carboxylic acids is 1. The van der Waals surface area contributed by atoms with Gasteiger partial charge in [-0.15, -0.1) is 0 Å². The number of alkyl halides is 3. The van der Waals surface area contributed by atoms with Crippen molar-refractivity contribution in [1.82, 2.24) is 4.57 Å². The van der Waals surface area contributed by atoms with Gasteiger partial charge in [0.1, 0.15) is 5.82 Å². The van der Waals surface area contributed by atoms with E-state index >= 15 is 0 Å². The van der Waals surface area contributed by atoms with Gasteiger partial charge in [0.05, 0.1) is 16.1 Å². The van der Waals surface area contributed by atoms with Crippen LogP contribution in [0.5, 0.6) is 0 Å². The van der Waals surface area contributed by atoms with Crippen molar-refractivity contribution in [3.05, 3.63) is 58.1 Å². The first-order valence-electron chi connectivity index (χ1n) is 5.63. The zero-order chi connectivity index (χ0) is 15.8. The first-order chi connectivity index (χ1) is 9.70. The molecule has 1 N–H and O–H groups in total. The number of aromatic nitrogens is 1. The van der Waals surface area contributed by atoms with E-state index in [0.29, 0.717) is 6.20 Å². The lowest BCUT2D eigenvalue weighted by Crippen LogP contribution is -2.09. The molecule has 2 rings (SSSR count). The summed E-state index contributed by atoms with van der Waals surface area (Å²) < 4.78 is 52.5. The zero-order valence-corrected chi connectivity index (χ0v) is 11.0. The topological polar surface area (TPSA) is 42.2 Å². The minimum Gasteiger partial charge on any atom is -0.478 e. The average molecular weight is 322 g/mol. The van der Waals surface area contributed by atoms with Crippen molar-refractivity contribution in [1.29, 1.82) is 0 Å². The Labute approximate surface area is 121 Å². The van der Waals surface area contributed by atoms with Crippen LogP contribution in [0.3, 0.4) is 0 Å². The van der Waals surface area contributed by atoms with Crippen molar-refractivity contribution < 1.29 is 27.5 Å². The summed E-state index contributed by atoms with van der Waals surface area (Å²) in [5.41, 5.74) is -1.88. The maximum atomic E-state index is 13.3. The maximum absolute atomic E-state index is 13.3. The highest BCUT2D eigenvalue weighted by molar-refractivity contribution is 6.31. The molecule has 0 fully saturated rings. The van der Waals surface area contributed by atoms with Gasteiger partial charge in [0.2, 0.25) is 0 Å². The van der Waals surface area contributed by atoms with Gasteiger partial charge in [0.25, 0.3) is 0 Å². The second kappa shape index (κ2) is 5.40. The minimum absolute atomic E-state index is 0.174. The van der Waals surface area contributed by atoms with E-state index in [-0.39, 0.29) is 17.1 Å². The molecule has 1 aromatic heterocycles. The van der Waals surface area contributed by atoms with Gasteiger partial charge in [-0.2, -0.15) is 13.2 Å². The normalized spacial score (nSPS) is 11.7. The summed E-state index contributed by atoms with van der Waals surface area (Å²) in [5, 5.41) is 8.60. The van der Waals surface area contributed by atoms with E-state index in [1.54, 1.807) is 0 Å². The van der Waals surface area contributed by atoms with E-state index in [4.69, 9.17) is 16.7 Å². The summed E-state index contributed by atoms with van der Waals surface area (Å²) in [6.45, 7) is -0.174. The van der Waals surface area contributed by atoms with E-state index in [0.717, 1.165) is 16.8 Å². The van der Waals surface area contributed by atoms with Gasteiger partial charge < -0.3 is 9.67 Å². The number of carboxylic acid groups (broad SMARTS) is 1. The molecular formula is C13H8ClF4NO2. The van der Waals surface area contributed by atoms with Crippen LogP contribution in [0.1, 0.15) is 21.5 Å². The van der Waals surface area contributed by atoms with Crippen molar-refractivity contribution >= 4 is 17.6 Å². The van der Waals surface area contributed by atoms with Crippen molar-refractivity contribution in [2.75, 3.05) is 0 Å². The summed E-state index contributed by atoms with van der Waals surface area (Å²) in [6, 6.07) is 3.92. The highest BCUT2D eigenvalue weighted by atomic mass is 35.5. The summed E-state index contributed by atoms with van der Waals surface area (Å²) >= 11 is 5.72. The van der Waals surface area contributed by atoms with Gasteiger partial charge in [0.15, 0.2) is 0 Å². The zero-order valence-electron chi connectivity index (χ0n) is 10.3. The third-order valence-electron chi connectivity index (χ3n) is 2.80. The highest BCUT2D eigenvalue weighted by Crippen LogP contribution is 2.33. The third-order valence-corrected chi connectivity index (χ3v) is 3.22. The van der Waals surface area contributed by atoms with Crippen LogP contribution in [-0.2, 0) is 12.7 Å². The number of hydrogen-bond acceptors (Lipinski definition) is 1. The van der Waals surface area contributed by atoms with Gasteiger partial charge in [-0.3, -0.25) is 0 Å². The summed E-state index contributed by atoms with van der Waals surface area (Å²) in [5.74, 6) is -2.39. The second-order valence-corrected chi connectivity index (χ2v) is 4.65. The van der Waals surface area contributed by atoms with Crippen LogP contribution in [0.15, 0.2) is 30.6 Å². The Morgan fingerprint density at radius 1 is 1.29 bits per heavy atom. The molecule has 0 radical (unpaired) electrons. The Morgan fingerprint density at radius 2 is 1.95 bits per heavy atom. The minimum atomic E-state index is -4.79.